The van der Waals surface area contributed by atoms with Crippen LogP contribution in [-0.4, -0.2) is 9.38 Å². The SMILES string of the molecule is Clc1ccc(-c2ccc3ccncn23)cc1. The molecule has 0 aliphatic carbocycles. The van der Waals surface area contributed by atoms with Crippen molar-refractivity contribution in [1.29, 1.82) is 0 Å². The first-order valence-electron chi connectivity index (χ1n) is 5.01. The van der Waals surface area contributed by atoms with Crippen LogP contribution in [0.1, 0.15) is 0 Å². The maximum Gasteiger partial charge on any atom is 0.0995 e. The zero-order chi connectivity index (χ0) is 11.0. The van der Waals surface area contributed by atoms with Crippen molar-refractivity contribution in [3.8, 4) is 11.3 Å². The van der Waals surface area contributed by atoms with Gasteiger partial charge in [0.05, 0.1) is 12.0 Å². The summed E-state index contributed by atoms with van der Waals surface area (Å²) in [6, 6.07) is 14.0. The second-order valence-electron chi connectivity index (χ2n) is 3.60. The summed E-state index contributed by atoms with van der Waals surface area (Å²) in [5.74, 6) is 0. The Morgan fingerprint density at radius 3 is 2.56 bits per heavy atom. The van der Waals surface area contributed by atoms with E-state index in [2.05, 4.69) is 21.5 Å². The average Bonchev–Trinajstić information content (AvgIpc) is 2.74. The summed E-state index contributed by atoms with van der Waals surface area (Å²) in [6.07, 6.45) is 3.61. The van der Waals surface area contributed by atoms with Crippen LogP contribution in [0.15, 0.2) is 55.0 Å². The number of fused-ring (bicyclic) bond motifs is 1. The average molecular weight is 229 g/mol. The van der Waals surface area contributed by atoms with Gasteiger partial charge in [0, 0.05) is 16.7 Å². The molecule has 3 heteroatoms. The summed E-state index contributed by atoms with van der Waals surface area (Å²) in [5, 5.41) is 0.753. The van der Waals surface area contributed by atoms with E-state index in [1.165, 1.54) is 0 Å². The molecule has 0 atom stereocenters. The summed E-state index contributed by atoms with van der Waals surface area (Å²) in [7, 11) is 0. The van der Waals surface area contributed by atoms with Crippen molar-refractivity contribution in [3.05, 3.63) is 60.0 Å². The van der Waals surface area contributed by atoms with Gasteiger partial charge in [0.2, 0.25) is 0 Å². The Morgan fingerprint density at radius 2 is 1.75 bits per heavy atom. The fraction of sp³-hybridized carbons (Fsp3) is 0. The fourth-order valence-corrected chi connectivity index (χ4v) is 1.94. The first-order valence-corrected chi connectivity index (χ1v) is 5.39. The molecule has 3 aromatic rings. The lowest BCUT2D eigenvalue weighted by Gasteiger charge is -2.02. The normalized spacial score (nSPS) is 10.8. The number of benzene rings is 1. The quantitative estimate of drug-likeness (QED) is 0.621. The molecule has 0 fully saturated rings. The van der Waals surface area contributed by atoms with Gasteiger partial charge in [-0.05, 0) is 35.9 Å². The van der Waals surface area contributed by atoms with Crippen molar-refractivity contribution >= 4 is 17.1 Å². The Morgan fingerprint density at radius 1 is 0.938 bits per heavy atom. The van der Waals surface area contributed by atoms with Crippen LogP contribution in [0, 0.1) is 0 Å². The van der Waals surface area contributed by atoms with E-state index in [-0.39, 0.29) is 0 Å². The summed E-state index contributed by atoms with van der Waals surface area (Å²) < 4.78 is 2.06. The molecule has 16 heavy (non-hydrogen) atoms. The molecule has 0 N–H and O–H groups in total. The summed E-state index contributed by atoms with van der Waals surface area (Å²) in [5.41, 5.74) is 3.40. The lowest BCUT2D eigenvalue weighted by atomic mass is 10.1. The van der Waals surface area contributed by atoms with E-state index in [1.807, 2.05) is 36.7 Å². The van der Waals surface area contributed by atoms with E-state index in [0.717, 1.165) is 21.8 Å². The summed E-state index contributed by atoms with van der Waals surface area (Å²) >= 11 is 5.87. The number of rotatable bonds is 1. The largest absolute Gasteiger partial charge is 0.300 e. The van der Waals surface area contributed by atoms with Gasteiger partial charge in [0.25, 0.3) is 0 Å². The second kappa shape index (κ2) is 3.65. The van der Waals surface area contributed by atoms with Crippen molar-refractivity contribution in [2.45, 2.75) is 0 Å². The standard InChI is InChI=1S/C13H9ClN2/c14-11-3-1-10(2-4-11)13-6-5-12-7-8-15-9-16(12)13/h1-9H. The first kappa shape index (κ1) is 9.43. The monoisotopic (exact) mass is 228 g/mol. The molecule has 1 aromatic carbocycles. The molecule has 0 aliphatic heterocycles. The van der Waals surface area contributed by atoms with Crippen LogP contribution in [0.4, 0.5) is 0 Å². The molecule has 3 rings (SSSR count). The molecule has 0 aliphatic rings. The Balaban J connectivity index is 2.22. The zero-order valence-corrected chi connectivity index (χ0v) is 9.22. The van der Waals surface area contributed by atoms with E-state index < -0.39 is 0 Å². The molecule has 78 valence electrons. The number of halogens is 1. The van der Waals surface area contributed by atoms with Gasteiger partial charge in [-0.15, -0.1) is 0 Å². The molecular formula is C13H9ClN2. The molecular weight excluding hydrogens is 220 g/mol. The van der Waals surface area contributed by atoms with Crippen LogP contribution < -0.4 is 0 Å². The first-order chi connectivity index (χ1) is 7.84. The highest BCUT2D eigenvalue weighted by Gasteiger charge is 2.03. The van der Waals surface area contributed by atoms with E-state index >= 15 is 0 Å². The Bertz CT molecular complexity index is 626. The topological polar surface area (TPSA) is 17.3 Å². The van der Waals surface area contributed by atoms with Crippen LogP contribution in [0.3, 0.4) is 0 Å². The third-order valence-corrected chi connectivity index (χ3v) is 2.86. The minimum absolute atomic E-state index is 0.753. The van der Waals surface area contributed by atoms with Gasteiger partial charge in [0.15, 0.2) is 0 Å². The molecule has 0 radical (unpaired) electrons. The Labute approximate surface area is 98.1 Å². The van der Waals surface area contributed by atoms with Crippen molar-refractivity contribution in [2.75, 3.05) is 0 Å². The lowest BCUT2D eigenvalue weighted by molar-refractivity contribution is 1.10. The molecule has 0 saturated heterocycles. The van der Waals surface area contributed by atoms with Gasteiger partial charge >= 0.3 is 0 Å². The van der Waals surface area contributed by atoms with Crippen molar-refractivity contribution in [3.63, 3.8) is 0 Å². The van der Waals surface area contributed by atoms with Crippen molar-refractivity contribution in [2.24, 2.45) is 0 Å². The van der Waals surface area contributed by atoms with Gasteiger partial charge in [0.1, 0.15) is 0 Å². The lowest BCUT2D eigenvalue weighted by Crippen LogP contribution is -1.88. The maximum atomic E-state index is 5.87. The molecule has 0 saturated carbocycles. The predicted molar refractivity (Wildman–Crippen MR) is 65.6 cm³/mol. The minimum atomic E-state index is 0.753. The second-order valence-corrected chi connectivity index (χ2v) is 4.04. The molecule has 0 spiro atoms. The van der Waals surface area contributed by atoms with Gasteiger partial charge < -0.3 is 4.40 Å². The Kier molecular flexibility index (Phi) is 2.15. The highest BCUT2D eigenvalue weighted by Crippen LogP contribution is 2.23. The maximum absolute atomic E-state index is 5.87. The molecule has 0 unspecified atom stereocenters. The van der Waals surface area contributed by atoms with Gasteiger partial charge in [-0.1, -0.05) is 23.7 Å². The van der Waals surface area contributed by atoms with E-state index in [9.17, 15) is 0 Å². The predicted octanol–water partition coefficient (Wildman–Crippen LogP) is 3.65. The number of nitrogens with zero attached hydrogens (tertiary/aromatic N) is 2. The van der Waals surface area contributed by atoms with Crippen LogP contribution in [-0.2, 0) is 0 Å². The smallest absolute Gasteiger partial charge is 0.0995 e. The summed E-state index contributed by atoms with van der Waals surface area (Å²) in [4.78, 5) is 4.13. The zero-order valence-electron chi connectivity index (χ0n) is 8.47. The van der Waals surface area contributed by atoms with E-state index in [1.54, 1.807) is 6.20 Å². The van der Waals surface area contributed by atoms with E-state index in [4.69, 9.17) is 11.6 Å². The fourth-order valence-electron chi connectivity index (χ4n) is 1.81. The third kappa shape index (κ3) is 1.48. The van der Waals surface area contributed by atoms with Crippen LogP contribution in [0.5, 0.6) is 0 Å². The Hall–Kier alpha value is -1.80. The van der Waals surface area contributed by atoms with Crippen LogP contribution in [0.2, 0.25) is 5.02 Å². The molecule has 0 amide bonds. The van der Waals surface area contributed by atoms with Crippen LogP contribution >= 0.6 is 11.6 Å². The number of aromatic nitrogens is 2. The summed E-state index contributed by atoms with van der Waals surface area (Å²) in [6.45, 7) is 0. The van der Waals surface area contributed by atoms with Crippen molar-refractivity contribution in [1.82, 2.24) is 9.38 Å². The van der Waals surface area contributed by atoms with Gasteiger partial charge in [-0.3, -0.25) is 0 Å². The van der Waals surface area contributed by atoms with Gasteiger partial charge in [-0.25, -0.2) is 4.98 Å². The molecule has 2 nitrogen and oxygen atoms in total. The molecule has 2 aromatic heterocycles. The van der Waals surface area contributed by atoms with Gasteiger partial charge in [-0.2, -0.15) is 0 Å². The highest BCUT2D eigenvalue weighted by atomic mass is 35.5. The molecule has 2 heterocycles. The van der Waals surface area contributed by atoms with Crippen molar-refractivity contribution < 1.29 is 0 Å². The van der Waals surface area contributed by atoms with E-state index in [0.29, 0.717) is 0 Å². The highest BCUT2D eigenvalue weighted by molar-refractivity contribution is 6.30. The number of hydrogen-bond donors (Lipinski definition) is 0. The number of hydrogen-bond acceptors (Lipinski definition) is 1. The third-order valence-electron chi connectivity index (χ3n) is 2.60. The minimum Gasteiger partial charge on any atom is -0.300 e. The molecule has 0 bridgehead atoms. The van der Waals surface area contributed by atoms with Crippen LogP contribution in [0.25, 0.3) is 16.8 Å².